The van der Waals surface area contributed by atoms with Gasteiger partial charge < -0.3 is 14.6 Å². The minimum absolute atomic E-state index is 0.445. The number of ether oxygens (including phenoxy) is 1. The van der Waals surface area contributed by atoms with Crippen molar-refractivity contribution in [3.63, 3.8) is 0 Å². The van der Waals surface area contributed by atoms with E-state index in [0.29, 0.717) is 41.1 Å². The van der Waals surface area contributed by atoms with E-state index >= 15 is 0 Å². The summed E-state index contributed by atoms with van der Waals surface area (Å²) >= 11 is 7.41. The Balaban J connectivity index is 1.82. The van der Waals surface area contributed by atoms with Crippen molar-refractivity contribution in [3.05, 3.63) is 58.9 Å². The van der Waals surface area contributed by atoms with Gasteiger partial charge >= 0.3 is 0 Å². The summed E-state index contributed by atoms with van der Waals surface area (Å²) in [5.74, 6) is -4.51. The van der Waals surface area contributed by atoms with E-state index in [-0.39, 0.29) is 0 Å². The number of amides is 1. The predicted octanol–water partition coefficient (Wildman–Crippen LogP) is 5.17. The summed E-state index contributed by atoms with van der Waals surface area (Å²) in [5.41, 5.74) is 0.242. The number of nitrogens with zero attached hydrogens (tertiary/aromatic N) is 3. The van der Waals surface area contributed by atoms with E-state index in [0.717, 1.165) is 23.9 Å². The van der Waals surface area contributed by atoms with Crippen LogP contribution in [0.15, 0.2) is 41.6 Å². The first-order chi connectivity index (χ1) is 15.3. The lowest BCUT2D eigenvalue weighted by Crippen LogP contribution is -2.24. The highest BCUT2D eigenvalue weighted by molar-refractivity contribution is 8.00. The minimum Gasteiger partial charge on any atom is -0.385 e. The molecule has 1 atom stereocenters. The van der Waals surface area contributed by atoms with Gasteiger partial charge in [0.25, 0.3) is 0 Å². The van der Waals surface area contributed by atoms with Gasteiger partial charge in [0.15, 0.2) is 28.4 Å². The van der Waals surface area contributed by atoms with Gasteiger partial charge in [0, 0.05) is 25.8 Å². The van der Waals surface area contributed by atoms with Crippen molar-refractivity contribution >= 4 is 35.0 Å². The van der Waals surface area contributed by atoms with Gasteiger partial charge in [-0.3, -0.25) is 4.79 Å². The fourth-order valence-corrected chi connectivity index (χ4v) is 3.95. The van der Waals surface area contributed by atoms with Gasteiger partial charge in [0.1, 0.15) is 0 Å². The lowest BCUT2D eigenvalue weighted by molar-refractivity contribution is -0.115. The van der Waals surface area contributed by atoms with Gasteiger partial charge in [0.05, 0.1) is 16.0 Å². The van der Waals surface area contributed by atoms with Crippen molar-refractivity contribution in [2.45, 2.75) is 30.3 Å². The molecule has 170 valence electrons. The van der Waals surface area contributed by atoms with Crippen LogP contribution in [0.4, 0.5) is 18.9 Å². The SMILES string of the molecule is COCCCn1c(SC(C)C(=O)Nc2ccc(F)c(F)c2F)nnc1-c1ccccc1Cl. The Hall–Kier alpha value is -2.56. The van der Waals surface area contributed by atoms with Crippen LogP contribution in [0, 0.1) is 17.5 Å². The Morgan fingerprint density at radius 3 is 2.66 bits per heavy atom. The summed E-state index contributed by atoms with van der Waals surface area (Å²) in [5, 5.41) is 10.9. The molecule has 1 amide bonds. The maximum absolute atomic E-state index is 13.9. The first-order valence-electron chi connectivity index (χ1n) is 9.61. The van der Waals surface area contributed by atoms with Crippen LogP contribution >= 0.6 is 23.4 Å². The molecule has 0 aliphatic carbocycles. The third-order valence-corrected chi connectivity index (χ3v) is 5.92. The number of anilines is 1. The lowest BCUT2D eigenvalue weighted by Gasteiger charge is -2.14. The highest BCUT2D eigenvalue weighted by Crippen LogP contribution is 2.31. The number of nitrogens with one attached hydrogen (secondary N) is 1. The van der Waals surface area contributed by atoms with Gasteiger partial charge in [-0.05, 0) is 37.6 Å². The normalized spacial score (nSPS) is 12.1. The van der Waals surface area contributed by atoms with E-state index in [4.69, 9.17) is 16.3 Å². The van der Waals surface area contributed by atoms with Crippen molar-refractivity contribution in [2.75, 3.05) is 19.0 Å². The number of aromatic nitrogens is 3. The van der Waals surface area contributed by atoms with Crippen LogP contribution in [0.3, 0.4) is 0 Å². The summed E-state index contributed by atoms with van der Waals surface area (Å²) in [4.78, 5) is 12.6. The number of methoxy groups -OCH3 is 1. The van der Waals surface area contributed by atoms with Crippen LogP contribution in [0.5, 0.6) is 0 Å². The Morgan fingerprint density at radius 1 is 1.19 bits per heavy atom. The third kappa shape index (κ3) is 5.43. The van der Waals surface area contributed by atoms with Crippen LogP contribution in [0.2, 0.25) is 5.02 Å². The second-order valence-corrected chi connectivity index (χ2v) is 8.47. The Morgan fingerprint density at radius 2 is 1.94 bits per heavy atom. The van der Waals surface area contributed by atoms with Crippen LogP contribution < -0.4 is 5.32 Å². The molecule has 0 aliphatic rings. The highest BCUT2D eigenvalue weighted by atomic mass is 35.5. The molecule has 11 heteroatoms. The fourth-order valence-electron chi connectivity index (χ4n) is 2.85. The van der Waals surface area contributed by atoms with Crippen molar-refractivity contribution in [3.8, 4) is 11.4 Å². The van der Waals surface area contributed by atoms with E-state index in [9.17, 15) is 18.0 Å². The molecule has 0 fully saturated rings. The molecular formula is C21H20ClF3N4O2S. The molecule has 2 aromatic carbocycles. The first-order valence-corrected chi connectivity index (χ1v) is 10.9. The molecule has 3 aromatic rings. The molecule has 0 radical (unpaired) electrons. The number of carbonyl (C=O) groups excluding carboxylic acids is 1. The van der Waals surface area contributed by atoms with Crippen molar-refractivity contribution < 1.29 is 22.7 Å². The fraction of sp³-hybridized carbons (Fsp3) is 0.286. The Bertz CT molecular complexity index is 1110. The van der Waals surface area contributed by atoms with Gasteiger partial charge in [-0.1, -0.05) is 35.5 Å². The van der Waals surface area contributed by atoms with E-state index in [1.807, 2.05) is 16.7 Å². The second kappa shape index (κ2) is 10.8. The number of hydrogen-bond acceptors (Lipinski definition) is 5. The lowest BCUT2D eigenvalue weighted by atomic mass is 10.2. The van der Waals surface area contributed by atoms with Crippen LogP contribution in [0.1, 0.15) is 13.3 Å². The zero-order valence-electron chi connectivity index (χ0n) is 17.2. The molecule has 3 rings (SSSR count). The van der Waals surface area contributed by atoms with Crippen molar-refractivity contribution in [2.24, 2.45) is 0 Å². The molecule has 1 unspecified atom stereocenters. The second-order valence-electron chi connectivity index (χ2n) is 6.76. The summed E-state index contributed by atoms with van der Waals surface area (Å²) in [6.45, 7) is 2.60. The third-order valence-electron chi connectivity index (χ3n) is 4.51. The molecule has 0 saturated carbocycles. The minimum atomic E-state index is -1.65. The molecular weight excluding hydrogens is 465 g/mol. The molecule has 1 heterocycles. The molecule has 0 saturated heterocycles. The monoisotopic (exact) mass is 484 g/mol. The number of thioether (sulfide) groups is 1. The molecule has 6 nitrogen and oxygen atoms in total. The van der Waals surface area contributed by atoms with Crippen molar-refractivity contribution in [1.29, 1.82) is 0 Å². The number of benzene rings is 2. The summed E-state index contributed by atoms with van der Waals surface area (Å²) in [6.07, 6.45) is 0.667. The average molecular weight is 485 g/mol. The molecule has 1 N–H and O–H groups in total. The zero-order chi connectivity index (χ0) is 23.3. The zero-order valence-corrected chi connectivity index (χ0v) is 18.8. The highest BCUT2D eigenvalue weighted by Gasteiger charge is 2.23. The quantitative estimate of drug-likeness (QED) is 0.258. The van der Waals surface area contributed by atoms with Crippen LogP contribution in [0.25, 0.3) is 11.4 Å². The summed E-state index contributed by atoms with van der Waals surface area (Å²) < 4.78 is 47.4. The van der Waals surface area contributed by atoms with Crippen LogP contribution in [-0.4, -0.2) is 39.6 Å². The largest absolute Gasteiger partial charge is 0.385 e. The average Bonchev–Trinajstić information content (AvgIpc) is 3.16. The number of carbonyl (C=O) groups is 1. The van der Waals surface area contributed by atoms with Gasteiger partial charge in [0.2, 0.25) is 5.91 Å². The van der Waals surface area contributed by atoms with E-state index in [1.165, 1.54) is 0 Å². The van der Waals surface area contributed by atoms with Crippen LogP contribution in [-0.2, 0) is 16.1 Å². The molecule has 32 heavy (non-hydrogen) atoms. The number of hydrogen-bond donors (Lipinski definition) is 1. The predicted molar refractivity (Wildman–Crippen MR) is 117 cm³/mol. The van der Waals surface area contributed by atoms with E-state index in [1.54, 1.807) is 26.2 Å². The smallest absolute Gasteiger partial charge is 0.237 e. The number of halogens is 4. The Kier molecular flexibility index (Phi) is 8.16. The van der Waals surface area contributed by atoms with Gasteiger partial charge in [-0.15, -0.1) is 10.2 Å². The molecule has 0 bridgehead atoms. The standard InChI is InChI=1S/C21H20ClF3N4O2S/c1-12(20(30)26-16-9-8-15(23)17(24)18(16)25)32-21-28-27-19(29(21)10-5-11-31-2)13-6-3-4-7-14(13)22/h3-4,6-9,12H,5,10-11H2,1-2H3,(H,26,30). The molecule has 0 aliphatic heterocycles. The Labute approximate surface area is 192 Å². The van der Waals surface area contributed by atoms with Crippen molar-refractivity contribution in [1.82, 2.24) is 14.8 Å². The maximum Gasteiger partial charge on any atom is 0.237 e. The topological polar surface area (TPSA) is 69.0 Å². The van der Waals surface area contributed by atoms with Gasteiger partial charge in [-0.2, -0.15) is 0 Å². The maximum atomic E-state index is 13.9. The summed E-state index contributed by atoms with van der Waals surface area (Å²) in [6, 6.07) is 8.89. The van der Waals surface area contributed by atoms with E-state index < -0.39 is 34.3 Å². The number of rotatable bonds is 9. The summed E-state index contributed by atoms with van der Waals surface area (Å²) in [7, 11) is 1.60. The van der Waals surface area contributed by atoms with E-state index in [2.05, 4.69) is 15.5 Å². The first kappa shape index (κ1) is 24.1. The van der Waals surface area contributed by atoms with Gasteiger partial charge in [-0.25, -0.2) is 13.2 Å². The molecule has 1 aromatic heterocycles. The molecule has 0 spiro atoms.